The quantitative estimate of drug-likeness (QED) is 0.743. The molecule has 0 radical (unpaired) electrons. The van der Waals surface area contributed by atoms with E-state index < -0.39 is 0 Å². The van der Waals surface area contributed by atoms with E-state index in [0.29, 0.717) is 12.6 Å². The fourth-order valence-electron chi connectivity index (χ4n) is 2.98. The molecule has 1 aliphatic heterocycles. The van der Waals surface area contributed by atoms with E-state index in [0.717, 1.165) is 42.8 Å². The van der Waals surface area contributed by atoms with Gasteiger partial charge >= 0.3 is 0 Å². The molecule has 2 N–H and O–H groups in total. The summed E-state index contributed by atoms with van der Waals surface area (Å²) in [5, 5.41) is 17.5. The zero-order valence-corrected chi connectivity index (χ0v) is 14.7. The van der Waals surface area contributed by atoms with Crippen molar-refractivity contribution in [2.24, 2.45) is 0 Å². The van der Waals surface area contributed by atoms with E-state index in [4.69, 9.17) is 0 Å². The molecule has 0 aliphatic carbocycles. The van der Waals surface area contributed by atoms with Gasteiger partial charge in [0, 0.05) is 32.2 Å². The second kappa shape index (κ2) is 8.27. The van der Waals surface area contributed by atoms with E-state index in [1.54, 1.807) is 0 Å². The van der Waals surface area contributed by atoms with Crippen molar-refractivity contribution < 1.29 is 5.11 Å². The van der Waals surface area contributed by atoms with Crippen LogP contribution in [-0.2, 0) is 19.5 Å². The highest BCUT2D eigenvalue weighted by molar-refractivity contribution is 9.10. The number of nitrogens with zero attached hydrogens (tertiary/aromatic N) is 3. The Labute approximate surface area is 135 Å². The molecule has 0 aromatic carbocycles. The average Bonchev–Trinajstić information content (AvgIpc) is 3.08. The molecular weight excluding hydrogens is 332 g/mol. The van der Waals surface area contributed by atoms with E-state index in [1.165, 1.54) is 18.5 Å². The van der Waals surface area contributed by atoms with Gasteiger partial charge in [0.1, 0.15) is 0 Å². The maximum atomic E-state index is 9.34. The molecule has 1 atom stereocenters. The van der Waals surface area contributed by atoms with Gasteiger partial charge in [-0.2, -0.15) is 5.10 Å². The van der Waals surface area contributed by atoms with Gasteiger partial charge in [0.15, 0.2) is 0 Å². The van der Waals surface area contributed by atoms with Gasteiger partial charge in [0.2, 0.25) is 0 Å². The Balaban J connectivity index is 2.09. The summed E-state index contributed by atoms with van der Waals surface area (Å²) in [5.41, 5.74) is 2.34. The molecule has 6 heteroatoms. The molecule has 0 bridgehead atoms. The van der Waals surface area contributed by atoms with Crippen LogP contribution in [0, 0.1) is 0 Å². The Bertz CT molecular complexity index is 443. The van der Waals surface area contributed by atoms with E-state index in [9.17, 15) is 5.11 Å². The van der Waals surface area contributed by atoms with Crippen LogP contribution < -0.4 is 5.32 Å². The largest absolute Gasteiger partial charge is 0.395 e. The number of aromatic nitrogens is 2. The number of aryl methyl sites for hydroxylation is 2. The van der Waals surface area contributed by atoms with Crippen molar-refractivity contribution in [3.63, 3.8) is 0 Å². The first kappa shape index (κ1) is 16.9. The van der Waals surface area contributed by atoms with Crippen LogP contribution in [0.1, 0.15) is 38.1 Å². The number of hydrogen-bond donors (Lipinski definition) is 2. The molecule has 0 saturated carbocycles. The van der Waals surface area contributed by atoms with Crippen LogP contribution >= 0.6 is 15.9 Å². The van der Waals surface area contributed by atoms with Crippen molar-refractivity contribution >= 4 is 15.9 Å². The Morgan fingerprint density at radius 2 is 2.29 bits per heavy atom. The van der Waals surface area contributed by atoms with Crippen molar-refractivity contribution in [2.45, 2.75) is 52.2 Å². The number of halogens is 1. The normalized spacial score (nSPS) is 18.8. The van der Waals surface area contributed by atoms with Gasteiger partial charge in [-0.1, -0.05) is 6.92 Å². The smallest absolute Gasteiger partial charge is 0.0767 e. The van der Waals surface area contributed by atoms with Crippen molar-refractivity contribution in [3.05, 3.63) is 15.9 Å². The standard InChI is InChI=1S/C15H27BrN4O/c1-3-13-15(16)14(20(4-2)18-13)11-19(8-9-21)10-12-6-5-7-17-12/h12,17,21H,3-11H2,1-2H3. The lowest BCUT2D eigenvalue weighted by Gasteiger charge is -2.25. The van der Waals surface area contributed by atoms with Crippen LogP contribution in [0.2, 0.25) is 0 Å². The van der Waals surface area contributed by atoms with E-state index in [-0.39, 0.29) is 6.61 Å². The van der Waals surface area contributed by atoms with Gasteiger partial charge in [0.25, 0.3) is 0 Å². The highest BCUT2D eigenvalue weighted by atomic mass is 79.9. The second-order valence-electron chi connectivity index (χ2n) is 5.63. The fraction of sp³-hybridized carbons (Fsp3) is 0.800. The molecular formula is C15H27BrN4O. The predicted molar refractivity (Wildman–Crippen MR) is 88.4 cm³/mol. The topological polar surface area (TPSA) is 53.3 Å². The van der Waals surface area contributed by atoms with Crippen molar-refractivity contribution in [2.75, 3.05) is 26.2 Å². The Hall–Kier alpha value is -0.430. The van der Waals surface area contributed by atoms with Gasteiger partial charge in [-0.05, 0) is 48.7 Å². The van der Waals surface area contributed by atoms with Crippen LogP contribution in [0.15, 0.2) is 4.47 Å². The minimum absolute atomic E-state index is 0.200. The Morgan fingerprint density at radius 1 is 1.48 bits per heavy atom. The van der Waals surface area contributed by atoms with Crippen LogP contribution in [0.25, 0.3) is 0 Å². The number of aliphatic hydroxyl groups excluding tert-OH is 1. The number of nitrogens with one attached hydrogen (secondary N) is 1. The third kappa shape index (κ3) is 4.28. The summed E-state index contributed by atoms with van der Waals surface area (Å²) in [4.78, 5) is 2.33. The van der Waals surface area contributed by atoms with Gasteiger partial charge in [-0.25, -0.2) is 0 Å². The van der Waals surface area contributed by atoms with Crippen LogP contribution in [-0.4, -0.2) is 52.1 Å². The summed E-state index contributed by atoms with van der Waals surface area (Å²) in [6.45, 7) is 8.98. The van der Waals surface area contributed by atoms with E-state index >= 15 is 0 Å². The van der Waals surface area contributed by atoms with Gasteiger partial charge < -0.3 is 10.4 Å². The maximum Gasteiger partial charge on any atom is 0.0767 e. The molecule has 0 spiro atoms. The SMILES string of the molecule is CCc1nn(CC)c(CN(CCO)CC2CCCN2)c1Br. The number of rotatable bonds is 8. The highest BCUT2D eigenvalue weighted by Gasteiger charge is 2.21. The van der Waals surface area contributed by atoms with Crippen LogP contribution in [0.5, 0.6) is 0 Å². The molecule has 2 rings (SSSR count). The first-order valence-electron chi connectivity index (χ1n) is 8.00. The molecule has 1 aromatic rings. The summed E-state index contributed by atoms with van der Waals surface area (Å²) in [5.74, 6) is 0. The van der Waals surface area contributed by atoms with E-state index in [1.807, 2.05) is 0 Å². The zero-order valence-electron chi connectivity index (χ0n) is 13.1. The third-order valence-electron chi connectivity index (χ3n) is 4.12. The molecule has 1 saturated heterocycles. The van der Waals surface area contributed by atoms with Crippen molar-refractivity contribution in [1.82, 2.24) is 20.0 Å². The number of aliphatic hydroxyl groups is 1. The van der Waals surface area contributed by atoms with E-state index in [2.05, 4.69) is 49.8 Å². The molecule has 1 fully saturated rings. The summed E-state index contributed by atoms with van der Waals surface area (Å²) in [7, 11) is 0. The lowest BCUT2D eigenvalue weighted by atomic mass is 10.2. The molecule has 1 unspecified atom stereocenters. The van der Waals surface area contributed by atoms with Gasteiger partial charge in [0.05, 0.1) is 22.5 Å². The number of hydrogen-bond acceptors (Lipinski definition) is 4. The molecule has 2 heterocycles. The highest BCUT2D eigenvalue weighted by Crippen LogP contribution is 2.24. The summed E-state index contributed by atoms with van der Waals surface area (Å²) in [6, 6.07) is 0.555. The zero-order chi connectivity index (χ0) is 15.2. The monoisotopic (exact) mass is 358 g/mol. The van der Waals surface area contributed by atoms with Crippen molar-refractivity contribution in [1.29, 1.82) is 0 Å². The van der Waals surface area contributed by atoms with Crippen LogP contribution in [0.3, 0.4) is 0 Å². The lowest BCUT2D eigenvalue weighted by Crippen LogP contribution is -2.39. The first-order chi connectivity index (χ1) is 10.2. The third-order valence-corrected chi connectivity index (χ3v) is 5.04. The summed E-state index contributed by atoms with van der Waals surface area (Å²) < 4.78 is 3.21. The molecule has 0 amide bonds. The van der Waals surface area contributed by atoms with Gasteiger partial charge in [-0.3, -0.25) is 9.58 Å². The Kier molecular flexibility index (Phi) is 6.67. The van der Waals surface area contributed by atoms with Crippen molar-refractivity contribution in [3.8, 4) is 0 Å². The van der Waals surface area contributed by atoms with Crippen LogP contribution in [0.4, 0.5) is 0 Å². The summed E-state index contributed by atoms with van der Waals surface area (Å²) in [6.07, 6.45) is 3.43. The average molecular weight is 359 g/mol. The predicted octanol–water partition coefficient (Wildman–Crippen LogP) is 1.77. The molecule has 21 heavy (non-hydrogen) atoms. The second-order valence-corrected chi connectivity index (χ2v) is 6.42. The minimum Gasteiger partial charge on any atom is -0.395 e. The Morgan fingerprint density at radius 3 is 2.86 bits per heavy atom. The molecule has 5 nitrogen and oxygen atoms in total. The fourth-order valence-corrected chi connectivity index (χ4v) is 3.67. The first-order valence-corrected chi connectivity index (χ1v) is 8.79. The molecule has 1 aromatic heterocycles. The lowest BCUT2D eigenvalue weighted by molar-refractivity contribution is 0.175. The minimum atomic E-state index is 0.200. The molecule has 120 valence electrons. The van der Waals surface area contributed by atoms with Gasteiger partial charge in [-0.15, -0.1) is 0 Å². The maximum absolute atomic E-state index is 9.34. The molecule has 1 aliphatic rings. The summed E-state index contributed by atoms with van der Waals surface area (Å²) >= 11 is 3.71.